The Balaban J connectivity index is 2.47. The van der Waals surface area contributed by atoms with Crippen LogP contribution < -0.4 is 10.1 Å². The van der Waals surface area contributed by atoms with Gasteiger partial charge in [0, 0.05) is 4.47 Å². The number of amides is 1. The van der Waals surface area contributed by atoms with E-state index in [1.807, 2.05) is 0 Å². The van der Waals surface area contributed by atoms with Gasteiger partial charge in [0.2, 0.25) is 0 Å². The number of aliphatic hydroxyl groups excluding tert-OH is 2. The molecule has 1 rings (SSSR count). The molecule has 0 atom stereocenters. The van der Waals surface area contributed by atoms with E-state index in [2.05, 4.69) is 37.2 Å². The molecule has 0 aliphatic carbocycles. The first-order chi connectivity index (χ1) is 8.56. The van der Waals surface area contributed by atoms with E-state index in [0.717, 1.165) is 8.95 Å². The second-order valence-corrected chi connectivity index (χ2v) is 5.26. The molecule has 0 saturated carbocycles. The van der Waals surface area contributed by atoms with E-state index < -0.39 is 11.9 Å². The molecule has 5 nitrogen and oxygen atoms in total. The maximum atomic E-state index is 11.4. The summed E-state index contributed by atoms with van der Waals surface area (Å²) < 4.78 is 6.92. The number of hydrogen-bond acceptors (Lipinski definition) is 4. The van der Waals surface area contributed by atoms with Crippen LogP contribution in [-0.2, 0) is 4.79 Å². The fourth-order valence-corrected chi connectivity index (χ4v) is 2.32. The van der Waals surface area contributed by atoms with E-state index in [4.69, 9.17) is 14.9 Å². The Morgan fingerprint density at radius 3 is 2.56 bits per heavy atom. The zero-order valence-electron chi connectivity index (χ0n) is 9.40. The molecule has 0 aliphatic rings. The van der Waals surface area contributed by atoms with Crippen molar-refractivity contribution in [2.45, 2.75) is 6.04 Å². The van der Waals surface area contributed by atoms with Crippen molar-refractivity contribution in [1.29, 1.82) is 0 Å². The molecule has 18 heavy (non-hydrogen) atoms. The zero-order valence-corrected chi connectivity index (χ0v) is 12.6. The number of carbonyl (C=O) groups is 1. The molecule has 0 fully saturated rings. The van der Waals surface area contributed by atoms with Crippen molar-refractivity contribution in [2.75, 3.05) is 19.8 Å². The largest absolute Gasteiger partial charge is 0.483 e. The zero-order chi connectivity index (χ0) is 13.5. The predicted molar refractivity (Wildman–Crippen MR) is 73.4 cm³/mol. The number of nitrogens with one attached hydrogen (secondary N) is 1. The van der Waals surface area contributed by atoms with Crippen LogP contribution >= 0.6 is 31.9 Å². The summed E-state index contributed by atoms with van der Waals surface area (Å²) in [5.74, 6) is 0.135. The van der Waals surface area contributed by atoms with Gasteiger partial charge in [-0.2, -0.15) is 0 Å². The summed E-state index contributed by atoms with van der Waals surface area (Å²) in [6.07, 6.45) is 0. The first-order valence-corrected chi connectivity index (χ1v) is 6.74. The normalized spacial score (nSPS) is 10.5. The van der Waals surface area contributed by atoms with Crippen molar-refractivity contribution < 1.29 is 19.7 Å². The predicted octanol–water partition coefficient (Wildman–Crippen LogP) is 1.06. The van der Waals surface area contributed by atoms with E-state index in [-0.39, 0.29) is 19.8 Å². The van der Waals surface area contributed by atoms with Gasteiger partial charge in [-0.05, 0) is 34.1 Å². The average Bonchev–Trinajstić information content (AvgIpc) is 2.35. The molecule has 100 valence electrons. The van der Waals surface area contributed by atoms with Crippen molar-refractivity contribution in [2.24, 2.45) is 0 Å². The van der Waals surface area contributed by atoms with Gasteiger partial charge >= 0.3 is 0 Å². The highest BCUT2D eigenvalue weighted by atomic mass is 79.9. The highest BCUT2D eigenvalue weighted by molar-refractivity contribution is 9.11. The monoisotopic (exact) mass is 381 g/mol. The SMILES string of the molecule is O=C(COc1ccc(Br)cc1Br)NC(CO)CO. The van der Waals surface area contributed by atoms with Crippen LogP contribution in [0.1, 0.15) is 0 Å². The van der Waals surface area contributed by atoms with Crippen molar-refractivity contribution in [3.63, 3.8) is 0 Å². The molecule has 3 N–H and O–H groups in total. The Bertz CT molecular complexity index is 410. The molecular formula is C11H13Br2NO4. The molecule has 0 spiro atoms. The second-order valence-electron chi connectivity index (χ2n) is 3.49. The Kier molecular flexibility index (Phi) is 6.62. The van der Waals surface area contributed by atoms with Crippen LogP contribution in [0, 0.1) is 0 Å². The first kappa shape index (κ1) is 15.4. The number of ether oxygens (including phenoxy) is 1. The number of benzene rings is 1. The molecule has 1 aromatic rings. The molecule has 0 aliphatic heterocycles. The van der Waals surface area contributed by atoms with Gasteiger partial charge in [0.05, 0.1) is 23.7 Å². The van der Waals surface area contributed by atoms with E-state index in [0.29, 0.717) is 5.75 Å². The number of halogens is 2. The third kappa shape index (κ3) is 4.93. The lowest BCUT2D eigenvalue weighted by atomic mass is 10.3. The van der Waals surface area contributed by atoms with Crippen LogP contribution in [-0.4, -0.2) is 42.0 Å². The van der Waals surface area contributed by atoms with Crippen LogP contribution in [0.5, 0.6) is 5.75 Å². The minimum atomic E-state index is -0.658. The summed E-state index contributed by atoms with van der Waals surface area (Å²) in [4.78, 5) is 11.4. The summed E-state index contributed by atoms with van der Waals surface area (Å²) in [5, 5.41) is 20.0. The lowest BCUT2D eigenvalue weighted by molar-refractivity contribution is -0.124. The van der Waals surface area contributed by atoms with Crippen LogP contribution in [0.3, 0.4) is 0 Å². The molecule has 7 heteroatoms. The lowest BCUT2D eigenvalue weighted by Gasteiger charge is -2.14. The summed E-state index contributed by atoms with van der Waals surface area (Å²) in [7, 11) is 0. The Labute approximate surface area is 121 Å². The summed E-state index contributed by atoms with van der Waals surface area (Å²) in [5.41, 5.74) is 0. The minimum absolute atomic E-state index is 0.184. The third-order valence-electron chi connectivity index (χ3n) is 2.06. The minimum Gasteiger partial charge on any atom is -0.483 e. The van der Waals surface area contributed by atoms with Gasteiger partial charge in [-0.1, -0.05) is 15.9 Å². The average molecular weight is 383 g/mol. The van der Waals surface area contributed by atoms with Gasteiger partial charge in [-0.25, -0.2) is 0 Å². The van der Waals surface area contributed by atoms with Gasteiger partial charge in [-0.3, -0.25) is 4.79 Å². The summed E-state index contributed by atoms with van der Waals surface area (Å²) >= 11 is 6.62. The number of carbonyl (C=O) groups excluding carboxylic acids is 1. The summed E-state index contributed by atoms with van der Waals surface area (Å²) in [6.45, 7) is -0.814. The van der Waals surface area contributed by atoms with E-state index >= 15 is 0 Å². The third-order valence-corrected chi connectivity index (χ3v) is 3.17. The number of rotatable bonds is 6. The van der Waals surface area contributed by atoms with Crippen LogP contribution in [0.25, 0.3) is 0 Å². The molecule has 0 heterocycles. The van der Waals surface area contributed by atoms with E-state index in [1.165, 1.54) is 0 Å². The Hall–Kier alpha value is -0.630. The molecule has 0 unspecified atom stereocenters. The highest BCUT2D eigenvalue weighted by Crippen LogP contribution is 2.27. The van der Waals surface area contributed by atoms with Gasteiger partial charge in [0.15, 0.2) is 6.61 Å². The van der Waals surface area contributed by atoms with Gasteiger partial charge < -0.3 is 20.3 Å². The van der Waals surface area contributed by atoms with Gasteiger partial charge in [-0.15, -0.1) is 0 Å². The molecule has 1 aromatic carbocycles. The smallest absolute Gasteiger partial charge is 0.258 e. The van der Waals surface area contributed by atoms with Crippen LogP contribution in [0.15, 0.2) is 27.1 Å². The maximum Gasteiger partial charge on any atom is 0.258 e. The van der Waals surface area contributed by atoms with Gasteiger partial charge in [0.25, 0.3) is 5.91 Å². The molecular weight excluding hydrogens is 370 g/mol. The molecule has 0 saturated heterocycles. The quantitative estimate of drug-likeness (QED) is 0.687. The number of hydrogen-bond donors (Lipinski definition) is 3. The molecule has 1 amide bonds. The number of aliphatic hydroxyl groups is 2. The Morgan fingerprint density at radius 1 is 1.33 bits per heavy atom. The first-order valence-electron chi connectivity index (χ1n) is 5.15. The highest BCUT2D eigenvalue weighted by Gasteiger charge is 2.11. The van der Waals surface area contributed by atoms with Crippen LogP contribution in [0.4, 0.5) is 0 Å². The van der Waals surface area contributed by atoms with Crippen molar-refractivity contribution in [3.8, 4) is 5.75 Å². The van der Waals surface area contributed by atoms with Crippen molar-refractivity contribution in [1.82, 2.24) is 5.32 Å². The maximum absolute atomic E-state index is 11.4. The molecule has 0 bridgehead atoms. The lowest BCUT2D eigenvalue weighted by Crippen LogP contribution is -2.42. The fraction of sp³-hybridized carbons (Fsp3) is 0.364. The fourth-order valence-electron chi connectivity index (χ4n) is 1.15. The van der Waals surface area contributed by atoms with E-state index in [1.54, 1.807) is 18.2 Å². The van der Waals surface area contributed by atoms with Crippen molar-refractivity contribution >= 4 is 37.8 Å². The van der Waals surface area contributed by atoms with Gasteiger partial charge in [0.1, 0.15) is 5.75 Å². The Morgan fingerprint density at radius 2 is 2.00 bits per heavy atom. The van der Waals surface area contributed by atoms with Crippen molar-refractivity contribution in [3.05, 3.63) is 27.1 Å². The second kappa shape index (κ2) is 7.73. The van der Waals surface area contributed by atoms with Crippen LogP contribution in [0.2, 0.25) is 0 Å². The molecule has 0 aromatic heterocycles. The van der Waals surface area contributed by atoms with E-state index in [9.17, 15) is 4.79 Å². The topological polar surface area (TPSA) is 78.8 Å². The summed E-state index contributed by atoms with van der Waals surface area (Å²) in [6, 6.07) is 4.66. The molecule has 0 radical (unpaired) electrons. The standard InChI is InChI=1S/C11H13Br2NO4/c12-7-1-2-10(9(13)3-7)18-6-11(17)14-8(4-15)5-16/h1-3,8,15-16H,4-6H2,(H,14,17).